The van der Waals surface area contributed by atoms with Crippen LogP contribution in [0, 0.1) is 13.8 Å². The van der Waals surface area contributed by atoms with Crippen molar-refractivity contribution in [3.05, 3.63) is 123 Å². The largest absolute Gasteiger partial charge is 0.321 e. The van der Waals surface area contributed by atoms with Gasteiger partial charge in [0.15, 0.2) is 5.82 Å². The van der Waals surface area contributed by atoms with Gasteiger partial charge in [-0.1, -0.05) is 79.7 Å². The van der Waals surface area contributed by atoms with Crippen molar-refractivity contribution >= 4 is 10.9 Å². The summed E-state index contributed by atoms with van der Waals surface area (Å²) in [6.07, 6.45) is 0. The van der Waals surface area contributed by atoms with Crippen LogP contribution in [0.4, 0.5) is 0 Å². The van der Waals surface area contributed by atoms with Crippen LogP contribution in [0.2, 0.25) is 0 Å². The number of nitrogens with one attached hydrogen (secondary N) is 1. The van der Waals surface area contributed by atoms with Gasteiger partial charge in [0.05, 0.1) is 12.1 Å². The van der Waals surface area contributed by atoms with Crippen molar-refractivity contribution in [2.24, 2.45) is 0 Å². The van der Waals surface area contributed by atoms with E-state index in [2.05, 4.69) is 75.7 Å². The van der Waals surface area contributed by atoms with E-state index < -0.39 is 6.04 Å². The smallest absolute Gasteiger partial charge is 0.253 e. The van der Waals surface area contributed by atoms with Gasteiger partial charge in [-0.3, -0.25) is 9.69 Å². The minimum absolute atomic E-state index is 0.123. The highest BCUT2D eigenvalue weighted by Crippen LogP contribution is 2.29. The first kappa shape index (κ1) is 23.6. The average Bonchev–Trinajstić information content (AvgIpc) is 3.35. The van der Waals surface area contributed by atoms with Crippen LogP contribution in [0.3, 0.4) is 0 Å². The molecule has 7 heteroatoms. The molecule has 7 nitrogen and oxygen atoms in total. The Kier molecular flexibility index (Phi) is 6.73. The number of aromatic nitrogens is 5. The molecule has 0 aliphatic rings. The molecule has 2 heterocycles. The number of aromatic amines is 1. The first-order valence-electron chi connectivity index (χ1n) is 12.3. The lowest BCUT2D eigenvalue weighted by atomic mass is 9.99. The maximum atomic E-state index is 13.6. The van der Waals surface area contributed by atoms with E-state index in [0.717, 1.165) is 33.2 Å². The molecule has 182 valence electrons. The third kappa shape index (κ3) is 4.70. The minimum atomic E-state index is -0.427. The van der Waals surface area contributed by atoms with Gasteiger partial charge in [-0.05, 0) is 64.5 Å². The highest BCUT2D eigenvalue weighted by atomic mass is 16.1. The third-order valence-corrected chi connectivity index (χ3v) is 6.85. The monoisotopic (exact) mass is 478 g/mol. The molecule has 0 amide bonds. The zero-order chi connectivity index (χ0) is 25.1. The normalized spacial score (nSPS) is 12.3. The number of hydrogen-bond acceptors (Lipinski definition) is 5. The van der Waals surface area contributed by atoms with Crippen molar-refractivity contribution in [2.75, 3.05) is 6.54 Å². The predicted molar refractivity (Wildman–Crippen MR) is 142 cm³/mol. The molecule has 5 rings (SSSR count). The van der Waals surface area contributed by atoms with E-state index in [0.29, 0.717) is 31.0 Å². The number of rotatable bonds is 8. The molecule has 0 saturated carbocycles. The molecule has 0 aliphatic carbocycles. The topological polar surface area (TPSA) is 79.7 Å². The van der Waals surface area contributed by atoms with Gasteiger partial charge in [0, 0.05) is 12.1 Å². The van der Waals surface area contributed by atoms with Crippen molar-refractivity contribution in [3.63, 3.8) is 0 Å². The molecule has 0 fully saturated rings. The van der Waals surface area contributed by atoms with Crippen LogP contribution in [0.25, 0.3) is 10.9 Å². The number of tetrazole rings is 1. The SMILES string of the molecule is CCN(Cc1ccccc1)[C@@H](c1cc2ccc(C)c(C)c2[nH]c1=O)c1nnnn1Cc1ccccc1. The highest BCUT2D eigenvalue weighted by Gasteiger charge is 2.30. The second-order valence-corrected chi connectivity index (χ2v) is 9.16. The second kappa shape index (κ2) is 10.3. The summed E-state index contributed by atoms with van der Waals surface area (Å²) in [5, 5.41) is 13.8. The standard InChI is InChI=1S/C29H30N6O/c1-4-34(18-22-11-7-5-8-12-22)27(28-31-32-33-35(28)19-23-13-9-6-10-14-23)25-17-24-16-15-20(2)21(3)26(24)30-29(25)36/h5-17,27H,4,18-19H2,1-3H3,(H,30,36)/t27-/m0/s1. The van der Waals surface area contributed by atoms with Gasteiger partial charge >= 0.3 is 0 Å². The van der Waals surface area contributed by atoms with Gasteiger partial charge in [0.25, 0.3) is 5.56 Å². The van der Waals surface area contributed by atoms with Crippen LogP contribution in [0.1, 0.15) is 46.6 Å². The number of pyridine rings is 1. The van der Waals surface area contributed by atoms with Crippen molar-refractivity contribution in [2.45, 2.75) is 39.9 Å². The van der Waals surface area contributed by atoms with Crippen molar-refractivity contribution < 1.29 is 0 Å². The van der Waals surface area contributed by atoms with Gasteiger partial charge < -0.3 is 4.98 Å². The first-order valence-corrected chi connectivity index (χ1v) is 12.3. The maximum Gasteiger partial charge on any atom is 0.253 e. The fourth-order valence-electron chi connectivity index (χ4n) is 4.72. The Morgan fingerprint density at radius 2 is 1.64 bits per heavy atom. The average molecular weight is 479 g/mol. The lowest BCUT2D eigenvalue weighted by Crippen LogP contribution is -2.35. The lowest BCUT2D eigenvalue weighted by molar-refractivity contribution is 0.214. The number of hydrogen-bond donors (Lipinski definition) is 1. The second-order valence-electron chi connectivity index (χ2n) is 9.16. The van der Waals surface area contributed by atoms with E-state index in [9.17, 15) is 4.79 Å². The van der Waals surface area contributed by atoms with E-state index in [-0.39, 0.29) is 5.56 Å². The van der Waals surface area contributed by atoms with Gasteiger partial charge in [-0.2, -0.15) is 0 Å². The maximum absolute atomic E-state index is 13.6. The van der Waals surface area contributed by atoms with Gasteiger partial charge in [-0.25, -0.2) is 4.68 Å². The van der Waals surface area contributed by atoms with Crippen molar-refractivity contribution in [3.8, 4) is 0 Å². The molecule has 1 N–H and O–H groups in total. The van der Waals surface area contributed by atoms with Gasteiger partial charge in [0.2, 0.25) is 0 Å². The Hall–Kier alpha value is -4.10. The van der Waals surface area contributed by atoms with E-state index in [1.165, 1.54) is 0 Å². The Morgan fingerprint density at radius 3 is 2.33 bits per heavy atom. The molecule has 0 saturated heterocycles. The molecule has 1 atom stereocenters. The molecule has 0 bridgehead atoms. The van der Waals surface area contributed by atoms with Crippen LogP contribution in [-0.4, -0.2) is 36.6 Å². The van der Waals surface area contributed by atoms with E-state index in [4.69, 9.17) is 0 Å². The summed E-state index contributed by atoms with van der Waals surface area (Å²) in [5.74, 6) is 0.644. The Labute approximate surface area is 210 Å². The van der Waals surface area contributed by atoms with Crippen LogP contribution in [0.5, 0.6) is 0 Å². The fraction of sp³-hybridized carbons (Fsp3) is 0.241. The number of fused-ring (bicyclic) bond motifs is 1. The molecule has 3 aromatic carbocycles. The summed E-state index contributed by atoms with van der Waals surface area (Å²) in [6, 6.07) is 26.1. The summed E-state index contributed by atoms with van der Waals surface area (Å²) >= 11 is 0. The zero-order valence-electron chi connectivity index (χ0n) is 20.8. The van der Waals surface area contributed by atoms with E-state index in [1.54, 1.807) is 4.68 Å². The highest BCUT2D eigenvalue weighted by molar-refractivity contribution is 5.83. The van der Waals surface area contributed by atoms with Crippen LogP contribution in [-0.2, 0) is 13.1 Å². The summed E-state index contributed by atoms with van der Waals surface area (Å²) in [7, 11) is 0. The molecular weight excluding hydrogens is 448 g/mol. The van der Waals surface area contributed by atoms with Crippen LogP contribution in [0.15, 0.2) is 83.7 Å². The molecule has 36 heavy (non-hydrogen) atoms. The van der Waals surface area contributed by atoms with E-state index in [1.807, 2.05) is 49.4 Å². The lowest BCUT2D eigenvalue weighted by Gasteiger charge is -2.30. The minimum Gasteiger partial charge on any atom is -0.321 e. The predicted octanol–water partition coefficient (Wildman–Crippen LogP) is 4.79. The summed E-state index contributed by atoms with van der Waals surface area (Å²) in [6.45, 7) is 8.09. The number of nitrogens with zero attached hydrogens (tertiary/aromatic N) is 5. The van der Waals surface area contributed by atoms with Crippen LogP contribution >= 0.6 is 0 Å². The Bertz CT molecular complexity index is 1520. The Balaban J connectivity index is 1.66. The Morgan fingerprint density at radius 1 is 0.944 bits per heavy atom. The number of H-pyrrole nitrogens is 1. The molecule has 0 unspecified atom stereocenters. The molecule has 0 spiro atoms. The summed E-state index contributed by atoms with van der Waals surface area (Å²) in [5.41, 5.74) is 5.86. The molecule has 2 aromatic heterocycles. The van der Waals surface area contributed by atoms with E-state index >= 15 is 0 Å². The van der Waals surface area contributed by atoms with Crippen LogP contribution < -0.4 is 5.56 Å². The molecule has 0 radical (unpaired) electrons. The zero-order valence-corrected chi connectivity index (χ0v) is 20.8. The molecular formula is C29H30N6O. The van der Waals surface area contributed by atoms with Gasteiger partial charge in [0.1, 0.15) is 6.04 Å². The first-order chi connectivity index (χ1) is 17.5. The number of benzene rings is 3. The van der Waals surface area contributed by atoms with Gasteiger partial charge in [-0.15, -0.1) is 5.10 Å². The van der Waals surface area contributed by atoms with Crippen molar-refractivity contribution in [1.82, 2.24) is 30.1 Å². The molecule has 0 aliphatic heterocycles. The van der Waals surface area contributed by atoms with Crippen molar-refractivity contribution in [1.29, 1.82) is 0 Å². The third-order valence-electron chi connectivity index (χ3n) is 6.85. The fourth-order valence-corrected chi connectivity index (χ4v) is 4.72. The number of aryl methyl sites for hydroxylation is 2. The summed E-state index contributed by atoms with van der Waals surface area (Å²) < 4.78 is 1.80. The molecule has 5 aromatic rings. The summed E-state index contributed by atoms with van der Waals surface area (Å²) in [4.78, 5) is 19.0. The quantitative estimate of drug-likeness (QED) is 0.347.